The third kappa shape index (κ3) is 4.19. The molecule has 1 saturated heterocycles. The van der Waals surface area contributed by atoms with E-state index in [0.717, 1.165) is 29.8 Å². The maximum Gasteiger partial charge on any atom is 0.350 e. The summed E-state index contributed by atoms with van der Waals surface area (Å²) in [5.41, 5.74) is 0.839. The second-order valence-corrected chi connectivity index (χ2v) is 8.14. The first kappa shape index (κ1) is 20.1. The molecule has 0 saturated carbocycles. The van der Waals surface area contributed by atoms with Crippen LogP contribution in [0.15, 0.2) is 41.5 Å². The molecule has 1 fully saturated rings. The Hall–Kier alpha value is -3.23. The topological polar surface area (TPSA) is 84.5 Å². The van der Waals surface area contributed by atoms with Gasteiger partial charge in [0.25, 0.3) is 0 Å². The van der Waals surface area contributed by atoms with Crippen molar-refractivity contribution in [3.63, 3.8) is 0 Å². The number of aromatic nitrogens is 4. The number of piperidine rings is 1. The van der Waals surface area contributed by atoms with Gasteiger partial charge in [0.15, 0.2) is 5.82 Å². The lowest BCUT2D eigenvalue weighted by Crippen LogP contribution is -2.39. The molecule has 0 radical (unpaired) electrons. The van der Waals surface area contributed by atoms with Crippen molar-refractivity contribution < 1.29 is 9.18 Å². The van der Waals surface area contributed by atoms with Crippen molar-refractivity contribution in [2.75, 3.05) is 18.0 Å². The lowest BCUT2D eigenvalue weighted by molar-refractivity contribution is -0.122. The molecule has 2 aromatic heterocycles. The highest BCUT2D eigenvalue weighted by Gasteiger charge is 2.25. The molecule has 3 aromatic rings. The van der Waals surface area contributed by atoms with Crippen LogP contribution in [0.25, 0.3) is 5.65 Å². The standard InChI is InChI=1S/C21H25FN6O2/c1-14-9-15(2)12-26(11-14)19-20-25-28(21(30)27(20)8-7-23-19)13-18(29)24-10-16-3-5-17(22)6-4-16/h3-8,14-15H,9-13H2,1-2H3,(H,24,29). The highest BCUT2D eigenvalue weighted by atomic mass is 19.1. The van der Waals surface area contributed by atoms with Crippen LogP contribution in [0, 0.1) is 17.7 Å². The minimum atomic E-state index is -0.385. The van der Waals surface area contributed by atoms with Crippen molar-refractivity contribution in [1.82, 2.24) is 24.5 Å². The van der Waals surface area contributed by atoms with Gasteiger partial charge in [-0.3, -0.25) is 4.79 Å². The lowest BCUT2D eigenvalue weighted by atomic mass is 9.92. The molecular formula is C21H25FN6O2. The Morgan fingerprint density at radius 2 is 1.90 bits per heavy atom. The van der Waals surface area contributed by atoms with Crippen LogP contribution in [0.4, 0.5) is 10.2 Å². The van der Waals surface area contributed by atoms with E-state index in [1.807, 2.05) is 0 Å². The van der Waals surface area contributed by atoms with Crippen LogP contribution < -0.4 is 15.9 Å². The lowest BCUT2D eigenvalue weighted by Gasteiger charge is -2.35. The Bertz CT molecular complexity index is 1100. The van der Waals surface area contributed by atoms with E-state index in [2.05, 4.69) is 34.1 Å². The molecule has 1 aliphatic heterocycles. The number of benzene rings is 1. The van der Waals surface area contributed by atoms with E-state index in [0.29, 0.717) is 23.3 Å². The molecule has 0 aliphatic carbocycles. The number of anilines is 1. The normalized spacial score (nSPS) is 19.2. The van der Waals surface area contributed by atoms with E-state index in [9.17, 15) is 14.0 Å². The van der Waals surface area contributed by atoms with Crippen LogP contribution >= 0.6 is 0 Å². The number of hydrogen-bond donors (Lipinski definition) is 1. The van der Waals surface area contributed by atoms with Crippen LogP contribution in [0.5, 0.6) is 0 Å². The summed E-state index contributed by atoms with van der Waals surface area (Å²) in [5, 5.41) is 7.13. The average molecular weight is 412 g/mol. The Balaban J connectivity index is 1.52. The van der Waals surface area contributed by atoms with E-state index in [-0.39, 0.29) is 30.5 Å². The van der Waals surface area contributed by atoms with Gasteiger partial charge in [-0.1, -0.05) is 26.0 Å². The van der Waals surface area contributed by atoms with Crippen molar-refractivity contribution in [2.24, 2.45) is 11.8 Å². The van der Waals surface area contributed by atoms with Gasteiger partial charge in [-0.05, 0) is 36.0 Å². The summed E-state index contributed by atoms with van der Waals surface area (Å²) in [6, 6.07) is 5.88. The Labute approximate surface area is 173 Å². The third-order valence-corrected chi connectivity index (χ3v) is 5.35. The smallest absolute Gasteiger partial charge is 0.350 e. The number of nitrogens with zero attached hydrogens (tertiary/aromatic N) is 5. The molecule has 1 amide bonds. The van der Waals surface area contributed by atoms with Crippen molar-refractivity contribution >= 4 is 17.4 Å². The van der Waals surface area contributed by atoms with Gasteiger partial charge >= 0.3 is 5.69 Å². The largest absolute Gasteiger partial charge is 0.353 e. The SMILES string of the molecule is CC1CC(C)CN(c2nccn3c(=O)n(CC(=O)NCc4ccc(F)cc4)nc23)C1. The number of rotatable bonds is 5. The van der Waals surface area contributed by atoms with E-state index in [4.69, 9.17) is 0 Å². The van der Waals surface area contributed by atoms with Crippen molar-refractivity contribution in [2.45, 2.75) is 33.4 Å². The van der Waals surface area contributed by atoms with Crippen LogP contribution in [-0.4, -0.2) is 38.2 Å². The average Bonchev–Trinajstić information content (AvgIpc) is 3.02. The van der Waals surface area contributed by atoms with Gasteiger partial charge in [0.2, 0.25) is 11.6 Å². The molecule has 1 aliphatic rings. The molecule has 1 aromatic carbocycles. The summed E-state index contributed by atoms with van der Waals surface area (Å²) in [5.74, 6) is 1.05. The molecule has 2 atom stereocenters. The van der Waals surface area contributed by atoms with Crippen molar-refractivity contribution in [3.8, 4) is 0 Å². The molecule has 158 valence electrons. The van der Waals surface area contributed by atoms with Crippen LogP contribution in [0.2, 0.25) is 0 Å². The summed E-state index contributed by atoms with van der Waals surface area (Å²) < 4.78 is 15.6. The molecular weight excluding hydrogens is 387 g/mol. The first-order chi connectivity index (χ1) is 14.4. The monoisotopic (exact) mass is 412 g/mol. The van der Waals surface area contributed by atoms with Crippen LogP contribution in [0.1, 0.15) is 25.8 Å². The molecule has 0 spiro atoms. The van der Waals surface area contributed by atoms with Crippen LogP contribution in [0.3, 0.4) is 0 Å². The molecule has 1 N–H and O–H groups in total. The predicted molar refractivity (Wildman–Crippen MR) is 111 cm³/mol. The van der Waals surface area contributed by atoms with E-state index in [1.54, 1.807) is 24.5 Å². The summed E-state index contributed by atoms with van der Waals surface area (Å²) >= 11 is 0. The number of fused-ring (bicyclic) bond motifs is 1. The number of nitrogens with one attached hydrogen (secondary N) is 1. The summed E-state index contributed by atoms with van der Waals surface area (Å²) in [4.78, 5) is 31.7. The third-order valence-electron chi connectivity index (χ3n) is 5.35. The predicted octanol–water partition coefficient (Wildman–Crippen LogP) is 1.83. The minimum absolute atomic E-state index is 0.200. The first-order valence-corrected chi connectivity index (χ1v) is 10.1. The highest BCUT2D eigenvalue weighted by molar-refractivity contribution is 5.75. The Kier molecular flexibility index (Phi) is 5.52. The van der Waals surface area contributed by atoms with E-state index in [1.165, 1.54) is 16.5 Å². The van der Waals surface area contributed by atoms with E-state index < -0.39 is 0 Å². The molecule has 30 heavy (non-hydrogen) atoms. The summed E-state index contributed by atoms with van der Waals surface area (Å²) in [7, 11) is 0. The zero-order valence-electron chi connectivity index (χ0n) is 17.1. The maximum atomic E-state index is 13.0. The fourth-order valence-corrected chi connectivity index (χ4v) is 4.09. The molecule has 9 heteroatoms. The van der Waals surface area contributed by atoms with Crippen molar-refractivity contribution in [3.05, 3.63) is 58.5 Å². The second-order valence-electron chi connectivity index (χ2n) is 8.14. The Morgan fingerprint density at radius 1 is 1.20 bits per heavy atom. The Morgan fingerprint density at radius 3 is 2.60 bits per heavy atom. The fourth-order valence-electron chi connectivity index (χ4n) is 4.09. The van der Waals surface area contributed by atoms with Gasteiger partial charge in [0, 0.05) is 32.0 Å². The van der Waals surface area contributed by atoms with Gasteiger partial charge < -0.3 is 10.2 Å². The molecule has 2 unspecified atom stereocenters. The van der Waals surface area contributed by atoms with Crippen molar-refractivity contribution in [1.29, 1.82) is 0 Å². The summed E-state index contributed by atoms with van der Waals surface area (Å²) in [6.45, 7) is 6.18. The number of carbonyl (C=O) groups is 1. The van der Waals surface area contributed by atoms with Gasteiger partial charge in [-0.25, -0.2) is 23.3 Å². The number of carbonyl (C=O) groups excluding carboxylic acids is 1. The number of hydrogen-bond acceptors (Lipinski definition) is 5. The fraction of sp³-hybridized carbons (Fsp3) is 0.429. The zero-order chi connectivity index (χ0) is 21.3. The van der Waals surface area contributed by atoms with Crippen LogP contribution in [-0.2, 0) is 17.9 Å². The molecule has 8 nitrogen and oxygen atoms in total. The van der Waals surface area contributed by atoms with E-state index >= 15 is 0 Å². The van der Waals surface area contributed by atoms with Gasteiger partial charge in [0.05, 0.1) is 0 Å². The maximum absolute atomic E-state index is 13.0. The van der Waals surface area contributed by atoms with Gasteiger partial charge in [0.1, 0.15) is 12.4 Å². The minimum Gasteiger partial charge on any atom is -0.353 e. The molecule has 4 rings (SSSR count). The second kappa shape index (κ2) is 8.25. The zero-order valence-corrected chi connectivity index (χ0v) is 17.1. The highest BCUT2D eigenvalue weighted by Crippen LogP contribution is 2.26. The summed E-state index contributed by atoms with van der Waals surface area (Å²) in [6.07, 6.45) is 4.32. The molecule has 0 bridgehead atoms. The quantitative estimate of drug-likeness (QED) is 0.691. The van der Waals surface area contributed by atoms with Gasteiger partial charge in [-0.15, -0.1) is 5.10 Å². The number of halogens is 1. The first-order valence-electron chi connectivity index (χ1n) is 10.1. The number of amides is 1. The van der Waals surface area contributed by atoms with Gasteiger partial charge in [-0.2, -0.15) is 0 Å². The molecule has 3 heterocycles.